The third kappa shape index (κ3) is 26.0. The zero-order valence-corrected chi connectivity index (χ0v) is 19.6. The molecular weight excluding hydrogens is 326 g/mol. The lowest BCUT2D eigenvalue weighted by atomic mass is 10.0. The van der Waals surface area contributed by atoms with Gasteiger partial charge in [-0.1, -0.05) is 136 Å². The molecule has 0 fully saturated rings. The van der Waals surface area contributed by atoms with Crippen molar-refractivity contribution in [3.8, 4) is 0 Å². The molecule has 0 saturated carbocycles. The van der Waals surface area contributed by atoms with Crippen LogP contribution in [0.1, 0.15) is 149 Å². The van der Waals surface area contributed by atoms with Gasteiger partial charge in [-0.05, 0) is 31.8 Å². The highest BCUT2D eigenvalue weighted by atomic mass is 14.8. The average molecular weight is 382 g/mol. The van der Waals surface area contributed by atoms with Gasteiger partial charge in [-0.15, -0.1) is 0 Å². The summed E-state index contributed by atoms with van der Waals surface area (Å²) >= 11 is 0. The topological polar surface area (TPSA) is 12.0 Å². The van der Waals surface area contributed by atoms with Gasteiger partial charge in [0.2, 0.25) is 0 Å². The first-order valence-electron chi connectivity index (χ1n) is 13.0. The van der Waals surface area contributed by atoms with E-state index in [4.69, 9.17) is 0 Å². The van der Waals surface area contributed by atoms with Crippen molar-refractivity contribution in [3.05, 3.63) is 0 Å². The van der Waals surface area contributed by atoms with Crippen molar-refractivity contribution in [1.82, 2.24) is 5.32 Å². The van der Waals surface area contributed by atoms with Crippen LogP contribution in [-0.2, 0) is 0 Å². The standard InChI is InChI=1S/C26H55N/c1-4-5-6-7-8-9-10-11-12-13-14-15-16-17-18-21-24-27-25-22-19-20-23-26(2)3/h26-27H,4-25H2,1-3H3. The maximum absolute atomic E-state index is 3.62. The van der Waals surface area contributed by atoms with E-state index in [9.17, 15) is 0 Å². The molecule has 1 N–H and O–H groups in total. The second-order valence-corrected chi connectivity index (χ2v) is 9.30. The van der Waals surface area contributed by atoms with Crippen LogP contribution in [-0.4, -0.2) is 13.1 Å². The monoisotopic (exact) mass is 381 g/mol. The van der Waals surface area contributed by atoms with E-state index in [1.54, 1.807) is 0 Å². The Balaban J connectivity index is 2.97. The largest absolute Gasteiger partial charge is 0.317 e. The fraction of sp³-hybridized carbons (Fsp3) is 1.00. The van der Waals surface area contributed by atoms with Crippen LogP contribution in [0.4, 0.5) is 0 Å². The molecule has 0 bridgehead atoms. The molecule has 0 atom stereocenters. The quantitative estimate of drug-likeness (QED) is 0.174. The van der Waals surface area contributed by atoms with E-state index < -0.39 is 0 Å². The summed E-state index contributed by atoms with van der Waals surface area (Å²) in [6.07, 6.45) is 28.9. The summed E-state index contributed by atoms with van der Waals surface area (Å²) in [5.74, 6) is 0.878. The zero-order chi connectivity index (χ0) is 19.8. The molecule has 0 amide bonds. The first-order chi connectivity index (χ1) is 13.3. The predicted octanol–water partition coefficient (Wildman–Crippen LogP) is 9.05. The van der Waals surface area contributed by atoms with Crippen LogP contribution in [0.25, 0.3) is 0 Å². The van der Waals surface area contributed by atoms with Gasteiger partial charge in [0.1, 0.15) is 0 Å². The van der Waals surface area contributed by atoms with Crippen molar-refractivity contribution in [1.29, 1.82) is 0 Å². The minimum atomic E-state index is 0.878. The smallest absolute Gasteiger partial charge is 0.00489 e. The van der Waals surface area contributed by atoms with Crippen LogP contribution in [0.2, 0.25) is 0 Å². The van der Waals surface area contributed by atoms with Crippen molar-refractivity contribution < 1.29 is 0 Å². The Morgan fingerprint density at radius 1 is 0.444 bits per heavy atom. The number of unbranched alkanes of at least 4 members (excludes halogenated alkanes) is 17. The molecule has 0 heterocycles. The molecule has 0 unspecified atom stereocenters. The highest BCUT2D eigenvalue weighted by molar-refractivity contribution is 4.53. The van der Waals surface area contributed by atoms with Gasteiger partial charge >= 0.3 is 0 Å². The Hall–Kier alpha value is -0.0400. The second kappa shape index (κ2) is 24.0. The summed E-state index contributed by atoms with van der Waals surface area (Å²) < 4.78 is 0. The molecule has 0 aliphatic carbocycles. The average Bonchev–Trinajstić information content (AvgIpc) is 2.65. The minimum absolute atomic E-state index is 0.878. The van der Waals surface area contributed by atoms with Gasteiger partial charge < -0.3 is 5.32 Å². The van der Waals surface area contributed by atoms with E-state index in [-0.39, 0.29) is 0 Å². The summed E-state index contributed by atoms with van der Waals surface area (Å²) in [6.45, 7) is 9.43. The first-order valence-corrected chi connectivity index (χ1v) is 13.0. The Labute approximate surface area is 173 Å². The summed E-state index contributed by atoms with van der Waals surface area (Å²) in [6, 6.07) is 0. The fourth-order valence-corrected chi connectivity index (χ4v) is 3.90. The van der Waals surface area contributed by atoms with Crippen LogP contribution in [0.3, 0.4) is 0 Å². The zero-order valence-electron chi connectivity index (χ0n) is 19.6. The summed E-state index contributed by atoms with van der Waals surface area (Å²) in [4.78, 5) is 0. The third-order valence-electron chi connectivity index (χ3n) is 5.84. The summed E-state index contributed by atoms with van der Waals surface area (Å²) in [7, 11) is 0. The first kappa shape index (κ1) is 27.0. The number of rotatable bonds is 23. The van der Waals surface area contributed by atoms with Crippen molar-refractivity contribution in [2.24, 2.45) is 5.92 Å². The minimum Gasteiger partial charge on any atom is -0.317 e. The highest BCUT2D eigenvalue weighted by Gasteiger charge is 1.96. The van der Waals surface area contributed by atoms with Crippen LogP contribution in [0, 0.1) is 5.92 Å². The van der Waals surface area contributed by atoms with Gasteiger partial charge in [0.15, 0.2) is 0 Å². The van der Waals surface area contributed by atoms with Crippen molar-refractivity contribution in [2.45, 2.75) is 149 Å². The number of hydrogen-bond acceptors (Lipinski definition) is 1. The summed E-state index contributed by atoms with van der Waals surface area (Å²) in [5, 5.41) is 3.62. The normalized spacial score (nSPS) is 11.6. The van der Waals surface area contributed by atoms with E-state index in [0.29, 0.717) is 0 Å². The molecule has 0 spiro atoms. The fourth-order valence-electron chi connectivity index (χ4n) is 3.90. The number of hydrogen-bond donors (Lipinski definition) is 1. The third-order valence-corrected chi connectivity index (χ3v) is 5.84. The molecule has 1 heteroatoms. The molecule has 0 aromatic heterocycles. The predicted molar refractivity (Wildman–Crippen MR) is 126 cm³/mol. The molecule has 0 aliphatic heterocycles. The lowest BCUT2D eigenvalue weighted by molar-refractivity contribution is 0.506. The Morgan fingerprint density at radius 3 is 1.15 bits per heavy atom. The van der Waals surface area contributed by atoms with E-state index in [1.165, 1.54) is 142 Å². The molecule has 0 saturated heterocycles. The number of nitrogens with one attached hydrogen (secondary N) is 1. The van der Waals surface area contributed by atoms with Gasteiger partial charge in [-0.3, -0.25) is 0 Å². The Morgan fingerprint density at radius 2 is 0.778 bits per heavy atom. The van der Waals surface area contributed by atoms with Crippen LogP contribution in [0.5, 0.6) is 0 Å². The molecule has 27 heavy (non-hydrogen) atoms. The Bertz CT molecular complexity index is 249. The second-order valence-electron chi connectivity index (χ2n) is 9.30. The molecule has 1 nitrogen and oxygen atoms in total. The Kier molecular flexibility index (Phi) is 24.0. The van der Waals surface area contributed by atoms with Crippen molar-refractivity contribution in [3.63, 3.8) is 0 Å². The lowest BCUT2D eigenvalue weighted by Gasteiger charge is -2.06. The molecule has 0 radical (unpaired) electrons. The SMILES string of the molecule is CCCCCCCCCCCCCCCCCCNCCCCCC(C)C. The summed E-state index contributed by atoms with van der Waals surface area (Å²) in [5.41, 5.74) is 0. The van der Waals surface area contributed by atoms with E-state index in [0.717, 1.165) is 5.92 Å². The van der Waals surface area contributed by atoms with Gasteiger partial charge in [-0.25, -0.2) is 0 Å². The maximum atomic E-state index is 3.62. The van der Waals surface area contributed by atoms with E-state index in [2.05, 4.69) is 26.1 Å². The van der Waals surface area contributed by atoms with Gasteiger partial charge in [-0.2, -0.15) is 0 Å². The van der Waals surface area contributed by atoms with Gasteiger partial charge in [0.05, 0.1) is 0 Å². The van der Waals surface area contributed by atoms with E-state index >= 15 is 0 Å². The molecular formula is C26H55N. The molecule has 164 valence electrons. The molecule has 0 aliphatic rings. The lowest BCUT2D eigenvalue weighted by Crippen LogP contribution is -2.16. The van der Waals surface area contributed by atoms with Gasteiger partial charge in [0, 0.05) is 0 Å². The van der Waals surface area contributed by atoms with Crippen LogP contribution in [0.15, 0.2) is 0 Å². The molecule has 0 aromatic rings. The maximum Gasteiger partial charge on any atom is -0.00489 e. The van der Waals surface area contributed by atoms with Gasteiger partial charge in [0.25, 0.3) is 0 Å². The highest BCUT2D eigenvalue weighted by Crippen LogP contribution is 2.13. The van der Waals surface area contributed by atoms with E-state index in [1.807, 2.05) is 0 Å². The molecule has 0 aromatic carbocycles. The van der Waals surface area contributed by atoms with Crippen molar-refractivity contribution in [2.75, 3.05) is 13.1 Å². The molecule has 0 rings (SSSR count). The van der Waals surface area contributed by atoms with Crippen LogP contribution < -0.4 is 5.32 Å². The van der Waals surface area contributed by atoms with Crippen molar-refractivity contribution >= 4 is 0 Å². The van der Waals surface area contributed by atoms with Crippen LogP contribution >= 0.6 is 0 Å².